The topological polar surface area (TPSA) is 24.9 Å². The molecular weight excluding hydrogens is 186 g/mol. The number of nitrogens with zero attached hydrogens (tertiary/aromatic N) is 1. The highest BCUT2D eigenvalue weighted by Gasteiger charge is 2.19. The fourth-order valence-electron chi connectivity index (χ4n) is 1.08. The van der Waals surface area contributed by atoms with E-state index in [0.717, 1.165) is 18.3 Å². The van der Waals surface area contributed by atoms with Crippen molar-refractivity contribution in [1.82, 2.24) is 4.98 Å². The zero-order chi connectivity index (χ0) is 10.6. The summed E-state index contributed by atoms with van der Waals surface area (Å²) in [4.78, 5) is 4.01. The Kier molecular flexibility index (Phi) is 3.38. The molecule has 1 N–H and O–H groups in total. The lowest BCUT2D eigenvalue weighted by Crippen LogP contribution is -2.16. The third-order valence-electron chi connectivity index (χ3n) is 1.79. The maximum absolute atomic E-state index is 12.5. The number of pyridine rings is 1. The number of aryl methyl sites for hydroxylation is 1. The summed E-state index contributed by atoms with van der Waals surface area (Å²) in [5.41, 5.74) is 1.71. The summed E-state index contributed by atoms with van der Waals surface area (Å²) in [5, 5.41) is 2.92. The van der Waals surface area contributed by atoms with Crippen LogP contribution in [0.4, 0.5) is 14.5 Å². The predicted molar refractivity (Wildman–Crippen MR) is 52.7 cm³/mol. The van der Waals surface area contributed by atoms with Crippen LogP contribution in [0.3, 0.4) is 0 Å². The molecule has 0 bridgehead atoms. The zero-order valence-corrected chi connectivity index (χ0v) is 8.35. The van der Waals surface area contributed by atoms with Gasteiger partial charge >= 0.3 is 0 Å². The number of halogens is 2. The normalized spacial score (nSPS) is 11.4. The number of aromatic nitrogens is 1. The molecule has 1 aromatic rings. The monoisotopic (exact) mass is 200 g/mol. The van der Waals surface area contributed by atoms with Crippen LogP contribution in [0, 0.1) is 6.92 Å². The number of nitrogens with one attached hydrogen (secondary N) is 1. The van der Waals surface area contributed by atoms with Crippen molar-refractivity contribution in [2.24, 2.45) is 0 Å². The minimum atomic E-state index is -2.60. The Balaban J connectivity index is 2.39. The van der Waals surface area contributed by atoms with Gasteiger partial charge in [0.1, 0.15) is 0 Å². The third-order valence-corrected chi connectivity index (χ3v) is 1.79. The summed E-state index contributed by atoms with van der Waals surface area (Å²) in [5.74, 6) is -2.60. The van der Waals surface area contributed by atoms with Crippen LogP contribution >= 0.6 is 0 Å². The van der Waals surface area contributed by atoms with E-state index in [4.69, 9.17) is 0 Å². The average Bonchev–Trinajstić information content (AvgIpc) is 2.01. The van der Waals surface area contributed by atoms with E-state index in [1.54, 1.807) is 12.3 Å². The van der Waals surface area contributed by atoms with Gasteiger partial charge in [-0.1, -0.05) is 0 Å². The second kappa shape index (κ2) is 4.35. The van der Waals surface area contributed by atoms with E-state index < -0.39 is 5.92 Å². The number of hydrogen-bond donors (Lipinski definition) is 1. The van der Waals surface area contributed by atoms with Crippen molar-refractivity contribution in [1.29, 1.82) is 0 Å². The highest BCUT2D eigenvalue weighted by molar-refractivity contribution is 5.42. The molecule has 0 fully saturated rings. The molecule has 14 heavy (non-hydrogen) atoms. The van der Waals surface area contributed by atoms with Gasteiger partial charge in [-0.2, -0.15) is 0 Å². The van der Waals surface area contributed by atoms with Gasteiger partial charge in [-0.15, -0.1) is 0 Å². The average molecular weight is 200 g/mol. The minimum absolute atomic E-state index is 0.158. The van der Waals surface area contributed by atoms with Gasteiger partial charge < -0.3 is 5.32 Å². The molecule has 0 saturated heterocycles. The fraction of sp³-hybridized carbons (Fsp3) is 0.500. The Labute approximate surface area is 82.4 Å². The number of alkyl halides is 2. The first-order valence-electron chi connectivity index (χ1n) is 4.52. The molecule has 0 aliphatic carbocycles. The Hall–Kier alpha value is -1.19. The number of rotatable bonds is 4. The number of anilines is 1. The molecule has 0 amide bonds. The Bertz CT molecular complexity index is 294. The van der Waals surface area contributed by atoms with E-state index in [1.807, 2.05) is 13.0 Å². The zero-order valence-electron chi connectivity index (χ0n) is 8.35. The molecule has 0 atom stereocenters. The first-order chi connectivity index (χ1) is 6.47. The Morgan fingerprint density at radius 1 is 1.50 bits per heavy atom. The van der Waals surface area contributed by atoms with Gasteiger partial charge in [0.25, 0.3) is 0 Å². The van der Waals surface area contributed by atoms with E-state index in [9.17, 15) is 8.78 Å². The molecule has 0 saturated carbocycles. The van der Waals surface area contributed by atoms with Crippen LogP contribution in [0.5, 0.6) is 0 Å². The first kappa shape index (κ1) is 10.9. The highest BCUT2D eigenvalue weighted by Crippen LogP contribution is 2.16. The van der Waals surface area contributed by atoms with Crippen molar-refractivity contribution in [2.45, 2.75) is 26.2 Å². The van der Waals surface area contributed by atoms with Gasteiger partial charge in [-0.25, -0.2) is 8.78 Å². The molecule has 78 valence electrons. The largest absolute Gasteiger partial charge is 0.385 e. The van der Waals surface area contributed by atoms with Crippen LogP contribution in [-0.2, 0) is 0 Å². The molecule has 0 aromatic carbocycles. The van der Waals surface area contributed by atoms with E-state index in [-0.39, 0.29) is 13.0 Å². The summed E-state index contributed by atoms with van der Waals surface area (Å²) in [7, 11) is 0. The lowest BCUT2D eigenvalue weighted by atomic mass is 10.2. The third kappa shape index (κ3) is 4.16. The maximum Gasteiger partial charge on any atom is 0.247 e. The maximum atomic E-state index is 12.5. The van der Waals surface area contributed by atoms with Crippen molar-refractivity contribution >= 4 is 5.69 Å². The van der Waals surface area contributed by atoms with Crippen molar-refractivity contribution in [3.63, 3.8) is 0 Å². The molecule has 0 unspecified atom stereocenters. The summed E-state index contributed by atoms with van der Waals surface area (Å²) in [6.07, 6.45) is 1.50. The van der Waals surface area contributed by atoms with E-state index >= 15 is 0 Å². The molecule has 0 spiro atoms. The molecule has 2 nitrogen and oxygen atoms in total. The fourth-order valence-corrected chi connectivity index (χ4v) is 1.08. The molecule has 1 rings (SSSR count). The van der Waals surface area contributed by atoms with Gasteiger partial charge in [-0.3, -0.25) is 4.98 Å². The van der Waals surface area contributed by atoms with Gasteiger partial charge in [0.15, 0.2) is 0 Å². The summed E-state index contributed by atoms with van der Waals surface area (Å²) < 4.78 is 24.9. The van der Waals surface area contributed by atoms with Crippen LogP contribution in [0.25, 0.3) is 0 Å². The van der Waals surface area contributed by atoms with Crippen LogP contribution in [0.1, 0.15) is 19.0 Å². The second-order valence-electron chi connectivity index (χ2n) is 3.43. The van der Waals surface area contributed by atoms with E-state index in [2.05, 4.69) is 10.3 Å². The van der Waals surface area contributed by atoms with Gasteiger partial charge in [-0.05, 0) is 26.0 Å². The molecule has 0 aliphatic rings. The molecule has 1 aromatic heterocycles. The van der Waals surface area contributed by atoms with Gasteiger partial charge in [0.05, 0.1) is 0 Å². The van der Waals surface area contributed by atoms with E-state index in [1.165, 1.54) is 0 Å². The second-order valence-corrected chi connectivity index (χ2v) is 3.43. The van der Waals surface area contributed by atoms with Crippen LogP contribution in [0.15, 0.2) is 18.3 Å². The predicted octanol–water partition coefficient (Wildman–Crippen LogP) is 2.85. The van der Waals surface area contributed by atoms with Crippen molar-refractivity contribution in [3.05, 3.63) is 24.0 Å². The first-order valence-corrected chi connectivity index (χ1v) is 4.52. The lowest BCUT2D eigenvalue weighted by molar-refractivity contribution is 0.0167. The van der Waals surface area contributed by atoms with Crippen molar-refractivity contribution in [3.8, 4) is 0 Å². The molecular formula is C10H14F2N2. The van der Waals surface area contributed by atoms with Crippen LogP contribution in [-0.4, -0.2) is 17.5 Å². The minimum Gasteiger partial charge on any atom is -0.385 e. The molecule has 4 heteroatoms. The summed E-state index contributed by atoms with van der Waals surface area (Å²) in [6, 6.07) is 3.59. The van der Waals surface area contributed by atoms with Crippen LogP contribution in [0.2, 0.25) is 0 Å². The van der Waals surface area contributed by atoms with Crippen molar-refractivity contribution < 1.29 is 8.78 Å². The Morgan fingerprint density at radius 3 is 2.79 bits per heavy atom. The summed E-state index contributed by atoms with van der Waals surface area (Å²) in [6.45, 7) is 3.05. The van der Waals surface area contributed by atoms with Crippen LogP contribution < -0.4 is 5.32 Å². The quantitative estimate of drug-likeness (QED) is 0.808. The SMILES string of the molecule is Cc1cc(NCCC(C)(F)F)ccn1. The summed E-state index contributed by atoms with van der Waals surface area (Å²) >= 11 is 0. The van der Waals surface area contributed by atoms with Gasteiger partial charge in [0.2, 0.25) is 5.92 Å². The standard InChI is InChI=1S/C10H14F2N2/c1-8-7-9(3-5-13-8)14-6-4-10(2,11)12/h3,5,7H,4,6H2,1-2H3,(H,13,14). The van der Waals surface area contributed by atoms with Crippen molar-refractivity contribution in [2.75, 3.05) is 11.9 Å². The highest BCUT2D eigenvalue weighted by atomic mass is 19.3. The van der Waals surface area contributed by atoms with E-state index in [0.29, 0.717) is 0 Å². The smallest absolute Gasteiger partial charge is 0.247 e. The lowest BCUT2D eigenvalue weighted by Gasteiger charge is -2.11. The molecule has 0 aliphatic heterocycles. The van der Waals surface area contributed by atoms with Gasteiger partial charge in [0, 0.05) is 30.5 Å². The molecule has 1 heterocycles. The Morgan fingerprint density at radius 2 is 2.21 bits per heavy atom. The molecule has 0 radical (unpaired) electrons. The number of hydrogen-bond acceptors (Lipinski definition) is 2.